The van der Waals surface area contributed by atoms with Crippen molar-refractivity contribution in [3.63, 3.8) is 0 Å². The standard InChI is InChI=1S/C8H9F.C2H2.CH5N/c1-2-7-3-5-8(9)6-4-7;2*1-2/h3-6H,2H2,1H3;1-2H;2H2,1H3. The van der Waals surface area contributed by atoms with Gasteiger partial charge in [0.05, 0.1) is 0 Å². The molecule has 0 bridgehead atoms. The molecule has 1 nitrogen and oxygen atoms in total. The minimum atomic E-state index is -0.160. The van der Waals surface area contributed by atoms with Gasteiger partial charge in [-0.1, -0.05) is 19.1 Å². The molecule has 0 aliphatic rings. The van der Waals surface area contributed by atoms with Crippen molar-refractivity contribution >= 4 is 0 Å². The van der Waals surface area contributed by atoms with E-state index in [2.05, 4.69) is 18.6 Å². The van der Waals surface area contributed by atoms with Crippen molar-refractivity contribution in [3.05, 3.63) is 35.6 Å². The van der Waals surface area contributed by atoms with Crippen molar-refractivity contribution in [2.24, 2.45) is 5.73 Å². The Hall–Kier alpha value is -1.33. The summed E-state index contributed by atoms with van der Waals surface area (Å²) in [6.45, 7) is 2.05. The molecule has 0 unspecified atom stereocenters. The van der Waals surface area contributed by atoms with Gasteiger partial charge in [-0.3, -0.25) is 0 Å². The number of nitrogens with two attached hydrogens (primary N) is 1. The van der Waals surface area contributed by atoms with Gasteiger partial charge in [0.1, 0.15) is 5.82 Å². The highest BCUT2D eigenvalue weighted by Gasteiger charge is 1.87. The summed E-state index contributed by atoms with van der Waals surface area (Å²) < 4.78 is 12.2. The topological polar surface area (TPSA) is 26.0 Å². The third kappa shape index (κ3) is 7.04. The monoisotopic (exact) mass is 181 g/mol. The Morgan fingerprint density at radius 1 is 1.15 bits per heavy atom. The van der Waals surface area contributed by atoms with Gasteiger partial charge < -0.3 is 5.73 Å². The zero-order valence-electron chi connectivity index (χ0n) is 8.13. The summed E-state index contributed by atoms with van der Waals surface area (Å²) in [5.41, 5.74) is 5.68. The van der Waals surface area contributed by atoms with E-state index >= 15 is 0 Å². The third-order valence-electron chi connectivity index (χ3n) is 1.32. The second-order valence-corrected chi connectivity index (χ2v) is 1.98. The number of rotatable bonds is 1. The van der Waals surface area contributed by atoms with E-state index in [0.29, 0.717) is 0 Å². The maximum atomic E-state index is 12.2. The summed E-state index contributed by atoms with van der Waals surface area (Å²) in [5.74, 6) is -0.160. The molecule has 0 aliphatic heterocycles. The van der Waals surface area contributed by atoms with Crippen LogP contribution in [0.5, 0.6) is 0 Å². The van der Waals surface area contributed by atoms with Gasteiger partial charge in [0.25, 0.3) is 0 Å². The molecule has 0 heterocycles. The summed E-state index contributed by atoms with van der Waals surface area (Å²) >= 11 is 0. The summed E-state index contributed by atoms with van der Waals surface area (Å²) in [7, 11) is 1.50. The molecule has 13 heavy (non-hydrogen) atoms. The van der Waals surface area contributed by atoms with Crippen molar-refractivity contribution < 1.29 is 4.39 Å². The summed E-state index contributed by atoms with van der Waals surface area (Å²) in [6.07, 6.45) is 8.97. The average Bonchev–Trinajstić information content (AvgIpc) is 2.25. The molecule has 0 aliphatic carbocycles. The van der Waals surface area contributed by atoms with Crippen LogP contribution in [0.2, 0.25) is 0 Å². The fourth-order valence-electron chi connectivity index (χ4n) is 0.720. The van der Waals surface area contributed by atoms with Crippen molar-refractivity contribution in [2.75, 3.05) is 7.05 Å². The largest absolute Gasteiger partial charge is 0.333 e. The Balaban J connectivity index is 0. The molecule has 0 atom stereocenters. The fraction of sp³-hybridized carbons (Fsp3) is 0.273. The number of hydrogen-bond donors (Lipinski definition) is 1. The van der Waals surface area contributed by atoms with E-state index in [1.54, 1.807) is 12.1 Å². The lowest BCUT2D eigenvalue weighted by Gasteiger charge is -1.92. The van der Waals surface area contributed by atoms with Crippen molar-refractivity contribution in [1.82, 2.24) is 0 Å². The minimum Gasteiger partial charge on any atom is -0.333 e. The van der Waals surface area contributed by atoms with Gasteiger partial charge in [0.15, 0.2) is 0 Å². The Morgan fingerprint density at radius 2 is 1.54 bits per heavy atom. The maximum Gasteiger partial charge on any atom is 0.123 e. The van der Waals surface area contributed by atoms with E-state index in [1.165, 1.54) is 24.7 Å². The van der Waals surface area contributed by atoms with Crippen LogP contribution in [0.4, 0.5) is 4.39 Å². The molecule has 0 fully saturated rings. The predicted molar refractivity (Wildman–Crippen MR) is 55.8 cm³/mol. The lowest BCUT2D eigenvalue weighted by molar-refractivity contribution is 0.627. The van der Waals surface area contributed by atoms with E-state index in [0.717, 1.165) is 6.42 Å². The van der Waals surface area contributed by atoms with Crippen LogP contribution >= 0.6 is 0 Å². The van der Waals surface area contributed by atoms with E-state index in [1.807, 2.05) is 6.92 Å². The molecule has 0 saturated carbocycles. The average molecular weight is 181 g/mol. The van der Waals surface area contributed by atoms with Gasteiger partial charge in [0.2, 0.25) is 0 Å². The van der Waals surface area contributed by atoms with Crippen LogP contribution < -0.4 is 5.73 Å². The number of benzene rings is 1. The predicted octanol–water partition coefficient (Wildman–Crippen LogP) is 2.21. The number of aryl methyl sites for hydroxylation is 1. The highest BCUT2D eigenvalue weighted by atomic mass is 19.1. The van der Waals surface area contributed by atoms with E-state index in [4.69, 9.17) is 0 Å². The fourth-order valence-corrected chi connectivity index (χ4v) is 0.720. The van der Waals surface area contributed by atoms with Crippen molar-refractivity contribution in [3.8, 4) is 12.8 Å². The molecule has 0 amide bonds. The van der Waals surface area contributed by atoms with Gasteiger partial charge in [-0.15, -0.1) is 12.8 Å². The zero-order chi connectivity index (χ0) is 10.7. The Labute approximate surface area is 79.8 Å². The first kappa shape index (κ1) is 14.2. The number of hydrogen-bond acceptors (Lipinski definition) is 1. The molecule has 72 valence electrons. The van der Waals surface area contributed by atoms with Crippen LogP contribution in [0.15, 0.2) is 24.3 Å². The first-order valence-corrected chi connectivity index (χ1v) is 3.98. The molecule has 2 heteroatoms. The van der Waals surface area contributed by atoms with Crippen LogP contribution in [-0.2, 0) is 6.42 Å². The quantitative estimate of drug-likeness (QED) is 0.660. The highest BCUT2D eigenvalue weighted by molar-refractivity contribution is 5.15. The smallest absolute Gasteiger partial charge is 0.123 e. The normalized spacial score (nSPS) is 7.23. The van der Waals surface area contributed by atoms with Crippen molar-refractivity contribution in [2.45, 2.75) is 13.3 Å². The van der Waals surface area contributed by atoms with E-state index in [9.17, 15) is 4.39 Å². The van der Waals surface area contributed by atoms with E-state index < -0.39 is 0 Å². The summed E-state index contributed by atoms with van der Waals surface area (Å²) in [4.78, 5) is 0. The molecule has 1 aromatic carbocycles. The van der Waals surface area contributed by atoms with Gasteiger partial charge in [-0.05, 0) is 31.2 Å². The Kier molecular flexibility index (Phi) is 11.7. The molecule has 0 saturated heterocycles. The van der Waals surface area contributed by atoms with Gasteiger partial charge >= 0.3 is 0 Å². The molecule has 0 spiro atoms. The molecular formula is C11H16FN. The zero-order valence-corrected chi connectivity index (χ0v) is 8.13. The van der Waals surface area contributed by atoms with E-state index in [-0.39, 0.29) is 5.82 Å². The molecule has 0 aromatic heterocycles. The second-order valence-electron chi connectivity index (χ2n) is 1.98. The highest BCUT2D eigenvalue weighted by Crippen LogP contribution is 2.01. The Bertz CT molecular complexity index is 213. The van der Waals surface area contributed by atoms with Gasteiger partial charge in [0, 0.05) is 0 Å². The van der Waals surface area contributed by atoms with Crippen molar-refractivity contribution in [1.29, 1.82) is 0 Å². The molecule has 1 aromatic rings. The van der Waals surface area contributed by atoms with Crippen LogP contribution in [0.1, 0.15) is 12.5 Å². The maximum absolute atomic E-state index is 12.2. The van der Waals surface area contributed by atoms with Crippen LogP contribution in [0.3, 0.4) is 0 Å². The van der Waals surface area contributed by atoms with Crippen LogP contribution in [0.25, 0.3) is 0 Å². The Morgan fingerprint density at radius 3 is 1.85 bits per heavy atom. The lowest BCUT2D eigenvalue weighted by Crippen LogP contribution is -1.78. The minimum absolute atomic E-state index is 0.160. The molecule has 2 N–H and O–H groups in total. The number of terminal acetylenes is 1. The van der Waals surface area contributed by atoms with Gasteiger partial charge in [-0.25, -0.2) is 4.39 Å². The van der Waals surface area contributed by atoms with Gasteiger partial charge in [-0.2, -0.15) is 0 Å². The third-order valence-corrected chi connectivity index (χ3v) is 1.32. The molecular weight excluding hydrogens is 165 g/mol. The molecule has 0 radical (unpaired) electrons. The summed E-state index contributed by atoms with van der Waals surface area (Å²) in [6, 6.07) is 6.57. The van der Waals surface area contributed by atoms with Crippen LogP contribution in [0, 0.1) is 18.7 Å². The lowest BCUT2D eigenvalue weighted by atomic mass is 10.2. The number of halogens is 1. The summed E-state index contributed by atoms with van der Waals surface area (Å²) in [5, 5.41) is 0. The second kappa shape index (κ2) is 10.7. The first-order chi connectivity index (χ1) is 6.33. The SMILES string of the molecule is C#C.CCc1ccc(F)cc1.CN. The first-order valence-electron chi connectivity index (χ1n) is 3.98. The molecule has 1 rings (SSSR count). The van der Waals surface area contributed by atoms with Crippen LogP contribution in [-0.4, -0.2) is 7.05 Å².